The van der Waals surface area contributed by atoms with E-state index in [-0.39, 0.29) is 5.82 Å². The zero-order valence-electron chi connectivity index (χ0n) is 15.3. The summed E-state index contributed by atoms with van der Waals surface area (Å²) in [5.74, 6) is 0.477. The topological polar surface area (TPSA) is 73.6 Å². The number of aromatic nitrogens is 2. The van der Waals surface area contributed by atoms with Gasteiger partial charge in [-0.2, -0.15) is 10.2 Å². The van der Waals surface area contributed by atoms with Crippen LogP contribution in [0.15, 0.2) is 84.9 Å². The van der Waals surface area contributed by atoms with Gasteiger partial charge < -0.3 is 10.6 Å². The van der Waals surface area contributed by atoms with Crippen molar-refractivity contribution in [2.75, 3.05) is 10.6 Å². The van der Waals surface area contributed by atoms with E-state index in [2.05, 4.69) is 26.7 Å². The number of hydrogen-bond acceptors (Lipinski definition) is 5. The molecule has 0 aliphatic heterocycles. The molecule has 3 aromatic carbocycles. The Labute approximate surface area is 167 Å². The van der Waals surface area contributed by atoms with Crippen LogP contribution in [0, 0.1) is 17.1 Å². The van der Waals surface area contributed by atoms with Gasteiger partial charge in [0.2, 0.25) is 5.95 Å². The second-order valence-corrected chi connectivity index (χ2v) is 6.25. The van der Waals surface area contributed by atoms with Gasteiger partial charge >= 0.3 is 0 Å². The monoisotopic (exact) mass is 381 g/mol. The zero-order valence-corrected chi connectivity index (χ0v) is 15.3. The lowest BCUT2D eigenvalue weighted by molar-refractivity contribution is 0.628. The van der Waals surface area contributed by atoms with Crippen LogP contribution in [0.5, 0.6) is 0 Å². The number of rotatable bonds is 5. The minimum absolute atomic E-state index is 0.314. The molecule has 0 amide bonds. The Hall–Kier alpha value is -4.24. The van der Waals surface area contributed by atoms with Gasteiger partial charge in [0.25, 0.3) is 0 Å². The van der Waals surface area contributed by atoms with Crippen LogP contribution in [-0.4, -0.2) is 9.97 Å². The van der Waals surface area contributed by atoms with Gasteiger partial charge in [-0.25, -0.2) is 9.37 Å². The zero-order chi connectivity index (χ0) is 20.1. The summed E-state index contributed by atoms with van der Waals surface area (Å²) >= 11 is 0. The van der Waals surface area contributed by atoms with Crippen molar-refractivity contribution in [3.8, 4) is 17.3 Å². The highest BCUT2D eigenvalue weighted by Gasteiger charge is 2.09. The third kappa shape index (κ3) is 4.37. The summed E-state index contributed by atoms with van der Waals surface area (Å²) in [5.41, 5.74) is 3.29. The molecule has 0 saturated carbocycles. The molecule has 0 fully saturated rings. The fourth-order valence-corrected chi connectivity index (χ4v) is 2.85. The van der Waals surface area contributed by atoms with Crippen LogP contribution in [-0.2, 0) is 0 Å². The lowest BCUT2D eigenvalue weighted by atomic mass is 10.1. The summed E-state index contributed by atoms with van der Waals surface area (Å²) in [5, 5.41) is 15.6. The number of hydrogen-bond donors (Lipinski definition) is 2. The number of anilines is 4. The Morgan fingerprint density at radius 2 is 1.59 bits per heavy atom. The third-order valence-corrected chi connectivity index (χ3v) is 4.19. The second-order valence-electron chi connectivity index (χ2n) is 6.25. The maximum absolute atomic E-state index is 13.5. The average Bonchev–Trinajstić information content (AvgIpc) is 2.75. The molecular formula is C23H16FN5. The smallest absolute Gasteiger partial charge is 0.229 e. The summed E-state index contributed by atoms with van der Waals surface area (Å²) < 4.78 is 13.5. The lowest BCUT2D eigenvalue weighted by Crippen LogP contribution is -2.03. The Balaban J connectivity index is 1.75. The average molecular weight is 381 g/mol. The van der Waals surface area contributed by atoms with Crippen molar-refractivity contribution in [2.45, 2.75) is 0 Å². The number of nitriles is 1. The van der Waals surface area contributed by atoms with E-state index in [1.165, 1.54) is 12.1 Å². The Morgan fingerprint density at radius 3 is 2.38 bits per heavy atom. The summed E-state index contributed by atoms with van der Waals surface area (Å²) in [4.78, 5) is 9.05. The van der Waals surface area contributed by atoms with Crippen LogP contribution < -0.4 is 10.6 Å². The maximum Gasteiger partial charge on any atom is 0.229 e. The van der Waals surface area contributed by atoms with Crippen molar-refractivity contribution < 1.29 is 4.39 Å². The Kier molecular flexibility index (Phi) is 5.12. The summed E-state index contributed by atoms with van der Waals surface area (Å²) in [6.45, 7) is 0. The molecule has 6 heteroatoms. The molecule has 0 spiro atoms. The molecule has 29 heavy (non-hydrogen) atoms. The van der Waals surface area contributed by atoms with Crippen molar-refractivity contribution in [1.82, 2.24) is 9.97 Å². The van der Waals surface area contributed by atoms with E-state index >= 15 is 0 Å². The van der Waals surface area contributed by atoms with Gasteiger partial charge in [-0.1, -0.05) is 48.5 Å². The van der Waals surface area contributed by atoms with Crippen LogP contribution in [0.25, 0.3) is 11.3 Å². The van der Waals surface area contributed by atoms with Crippen LogP contribution in [0.2, 0.25) is 0 Å². The van der Waals surface area contributed by atoms with E-state index in [4.69, 9.17) is 0 Å². The molecule has 5 nitrogen and oxygen atoms in total. The maximum atomic E-state index is 13.5. The van der Waals surface area contributed by atoms with E-state index in [1.54, 1.807) is 30.3 Å². The number of halogens is 1. The molecule has 0 bridgehead atoms. The number of nitrogens with one attached hydrogen (secondary N) is 2. The van der Waals surface area contributed by atoms with Crippen LogP contribution in [0.4, 0.5) is 27.5 Å². The van der Waals surface area contributed by atoms with Gasteiger partial charge in [0, 0.05) is 17.3 Å². The van der Waals surface area contributed by atoms with Gasteiger partial charge in [-0.05, 0) is 30.3 Å². The van der Waals surface area contributed by atoms with E-state index in [0.29, 0.717) is 34.4 Å². The van der Waals surface area contributed by atoms with Crippen LogP contribution in [0.3, 0.4) is 0 Å². The van der Waals surface area contributed by atoms with Crippen LogP contribution in [0.1, 0.15) is 5.56 Å². The van der Waals surface area contributed by atoms with Crippen molar-refractivity contribution in [3.05, 3.63) is 96.3 Å². The molecule has 0 aliphatic rings. The number of para-hydroxylation sites is 1. The highest BCUT2D eigenvalue weighted by molar-refractivity contribution is 5.70. The predicted molar refractivity (Wildman–Crippen MR) is 112 cm³/mol. The molecular weight excluding hydrogens is 365 g/mol. The van der Waals surface area contributed by atoms with E-state index in [9.17, 15) is 9.65 Å². The first-order valence-electron chi connectivity index (χ1n) is 8.94. The fourth-order valence-electron chi connectivity index (χ4n) is 2.85. The minimum Gasteiger partial charge on any atom is -0.339 e. The normalized spacial score (nSPS) is 10.2. The molecule has 2 N–H and O–H groups in total. The van der Waals surface area contributed by atoms with Crippen LogP contribution >= 0.6 is 0 Å². The standard InChI is InChI=1S/C23H16FN5/c24-18-10-6-11-19(13-18)26-23-28-21(16-7-2-1-3-8-16)14-22(29-23)27-20-12-5-4-9-17(20)15-25/h1-14H,(H2,26,27,28,29). The molecule has 1 heterocycles. The van der Waals surface area contributed by atoms with E-state index in [1.807, 2.05) is 42.5 Å². The molecule has 0 unspecified atom stereocenters. The summed E-state index contributed by atoms with van der Waals surface area (Å²) in [6, 6.07) is 26.9. The second kappa shape index (κ2) is 8.19. The molecule has 1 aromatic heterocycles. The molecule has 0 saturated heterocycles. The molecule has 4 rings (SSSR count). The van der Waals surface area contributed by atoms with Crippen molar-refractivity contribution in [3.63, 3.8) is 0 Å². The molecule has 0 atom stereocenters. The molecule has 0 radical (unpaired) electrons. The quantitative estimate of drug-likeness (QED) is 0.468. The van der Waals surface area contributed by atoms with Crippen molar-refractivity contribution >= 4 is 23.1 Å². The first-order valence-corrected chi connectivity index (χ1v) is 8.94. The third-order valence-electron chi connectivity index (χ3n) is 4.19. The van der Waals surface area contributed by atoms with Crippen molar-refractivity contribution in [2.24, 2.45) is 0 Å². The van der Waals surface area contributed by atoms with Crippen molar-refractivity contribution in [1.29, 1.82) is 5.26 Å². The summed E-state index contributed by atoms with van der Waals surface area (Å²) in [7, 11) is 0. The Bertz CT molecular complexity index is 1190. The highest BCUT2D eigenvalue weighted by Crippen LogP contribution is 2.26. The molecule has 140 valence electrons. The number of nitrogens with zero attached hydrogens (tertiary/aromatic N) is 3. The van der Waals surface area contributed by atoms with Gasteiger partial charge in [0.05, 0.1) is 16.9 Å². The first kappa shape index (κ1) is 18.1. The lowest BCUT2D eigenvalue weighted by Gasteiger charge is -2.12. The highest BCUT2D eigenvalue weighted by atomic mass is 19.1. The molecule has 4 aromatic rings. The largest absolute Gasteiger partial charge is 0.339 e. The minimum atomic E-state index is -0.351. The first-order chi connectivity index (χ1) is 14.2. The predicted octanol–water partition coefficient (Wildman–Crippen LogP) is 5.64. The Morgan fingerprint density at radius 1 is 0.793 bits per heavy atom. The van der Waals surface area contributed by atoms with Gasteiger partial charge in [-0.15, -0.1) is 0 Å². The number of benzene rings is 3. The van der Waals surface area contributed by atoms with E-state index in [0.717, 1.165) is 5.56 Å². The van der Waals surface area contributed by atoms with Gasteiger partial charge in [-0.3, -0.25) is 0 Å². The summed E-state index contributed by atoms with van der Waals surface area (Å²) in [6.07, 6.45) is 0. The SMILES string of the molecule is N#Cc1ccccc1Nc1cc(-c2ccccc2)nc(Nc2cccc(F)c2)n1. The van der Waals surface area contributed by atoms with Gasteiger partial charge in [0.15, 0.2) is 0 Å². The molecule has 0 aliphatic carbocycles. The van der Waals surface area contributed by atoms with Gasteiger partial charge in [0.1, 0.15) is 17.7 Å². The fraction of sp³-hybridized carbons (Fsp3) is 0. The van der Waals surface area contributed by atoms with E-state index < -0.39 is 0 Å².